The summed E-state index contributed by atoms with van der Waals surface area (Å²) in [6.07, 6.45) is 0.636. The quantitative estimate of drug-likeness (QED) is 0.0552. The number of hydrogen-bond donors (Lipinski definition) is 7. The molecule has 9 N–H and O–H groups in total. The first-order valence-corrected chi connectivity index (χ1v) is 17.5. The SMILES string of the molecule is CCC(CC)[C@H](NC(=O)[C@H](CCCN=C(N)N)NC(=O)OCc1ccccc1)C(=O)N[C@@H](CC(C)C)[C@@H](O)CC(=O)NCCc1ccccc1. The number of rotatable bonds is 22. The van der Waals surface area contributed by atoms with Gasteiger partial charge in [-0.2, -0.15) is 0 Å². The van der Waals surface area contributed by atoms with Crippen LogP contribution in [-0.2, 0) is 32.1 Å². The fraction of sp³-hybridized carbons (Fsp3) is 0.541. The monoisotopic (exact) mass is 695 g/mol. The van der Waals surface area contributed by atoms with Gasteiger partial charge < -0.3 is 42.6 Å². The van der Waals surface area contributed by atoms with E-state index in [2.05, 4.69) is 26.3 Å². The highest BCUT2D eigenvalue weighted by molar-refractivity contribution is 5.91. The molecule has 2 rings (SSSR count). The topological polar surface area (TPSA) is 210 Å². The number of carbonyl (C=O) groups is 4. The number of aliphatic imine (C=N–C) groups is 1. The van der Waals surface area contributed by atoms with E-state index in [-0.39, 0.29) is 49.7 Å². The Bertz CT molecular complexity index is 1330. The van der Waals surface area contributed by atoms with E-state index in [9.17, 15) is 24.3 Å². The van der Waals surface area contributed by atoms with Gasteiger partial charge in [0.1, 0.15) is 18.7 Å². The van der Waals surface area contributed by atoms with E-state index < -0.39 is 42.1 Å². The summed E-state index contributed by atoms with van der Waals surface area (Å²) in [6, 6.07) is 16.1. The van der Waals surface area contributed by atoms with E-state index in [0.717, 1.165) is 11.1 Å². The maximum Gasteiger partial charge on any atom is 0.408 e. The molecule has 0 heterocycles. The Hall–Kier alpha value is -4.65. The van der Waals surface area contributed by atoms with Crippen LogP contribution in [0.1, 0.15) is 77.3 Å². The second kappa shape index (κ2) is 22.9. The molecule has 0 aromatic heterocycles. The van der Waals surface area contributed by atoms with Crippen molar-refractivity contribution in [3.8, 4) is 0 Å². The van der Waals surface area contributed by atoms with E-state index in [1.165, 1.54) is 0 Å². The molecule has 276 valence electrons. The van der Waals surface area contributed by atoms with Crippen LogP contribution in [0.4, 0.5) is 4.79 Å². The normalized spacial score (nSPS) is 13.4. The third kappa shape index (κ3) is 16.2. The van der Waals surface area contributed by atoms with E-state index in [1.54, 1.807) is 0 Å². The first kappa shape index (κ1) is 41.5. The molecule has 2 aromatic carbocycles. The van der Waals surface area contributed by atoms with Crippen LogP contribution in [0.25, 0.3) is 0 Å². The van der Waals surface area contributed by atoms with Crippen LogP contribution in [0, 0.1) is 11.8 Å². The van der Waals surface area contributed by atoms with Crippen molar-refractivity contribution in [2.45, 2.75) is 103 Å². The average Bonchev–Trinajstić information content (AvgIpc) is 3.08. The first-order valence-electron chi connectivity index (χ1n) is 17.5. The van der Waals surface area contributed by atoms with Crippen molar-refractivity contribution in [1.82, 2.24) is 21.3 Å². The van der Waals surface area contributed by atoms with Gasteiger partial charge in [-0.15, -0.1) is 0 Å². The van der Waals surface area contributed by atoms with Gasteiger partial charge in [0, 0.05) is 13.1 Å². The number of nitrogens with one attached hydrogen (secondary N) is 4. The predicted octanol–water partition coefficient (Wildman–Crippen LogP) is 2.90. The molecular weight excluding hydrogens is 638 g/mol. The molecule has 13 nitrogen and oxygen atoms in total. The Balaban J connectivity index is 2.14. The maximum absolute atomic E-state index is 13.9. The highest BCUT2D eigenvalue weighted by Gasteiger charge is 2.34. The van der Waals surface area contributed by atoms with Crippen molar-refractivity contribution in [2.75, 3.05) is 13.1 Å². The minimum atomic E-state index is -1.15. The van der Waals surface area contributed by atoms with E-state index >= 15 is 0 Å². The number of ether oxygens (including phenoxy) is 1. The van der Waals surface area contributed by atoms with Crippen LogP contribution in [0.3, 0.4) is 0 Å². The van der Waals surface area contributed by atoms with Gasteiger partial charge in [0.25, 0.3) is 0 Å². The molecule has 0 aliphatic heterocycles. The number of alkyl carbamates (subject to hydrolysis) is 1. The highest BCUT2D eigenvalue weighted by Crippen LogP contribution is 2.17. The van der Waals surface area contributed by atoms with Crippen molar-refractivity contribution in [1.29, 1.82) is 0 Å². The number of guanidine groups is 1. The number of nitrogens with two attached hydrogens (primary N) is 2. The lowest BCUT2D eigenvalue weighted by Crippen LogP contribution is -2.58. The molecule has 0 aliphatic rings. The second-order valence-corrected chi connectivity index (χ2v) is 12.9. The minimum Gasteiger partial charge on any atom is -0.445 e. The minimum absolute atomic E-state index is 0.0123. The molecule has 0 spiro atoms. The molecule has 0 radical (unpaired) electrons. The molecule has 0 unspecified atom stereocenters. The van der Waals surface area contributed by atoms with Crippen LogP contribution in [-0.4, -0.2) is 72.2 Å². The third-order valence-corrected chi connectivity index (χ3v) is 8.36. The Morgan fingerprint density at radius 2 is 1.48 bits per heavy atom. The van der Waals surface area contributed by atoms with Gasteiger partial charge >= 0.3 is 6.09 Å². The molecule has 2 aromatic rings. The van der Waals surface area contributed by atoms with E-state index in [0.29, 0.717) is 38.6 Å². The highest BCUT2D eigenvalue weighted by atomic mass is 16.5. The Morgan fingerprint density at radius 1 is 0.860 bits per heavy atom. The van der Waals surface area contributed by atoms with Gasteiger partial charge in [0.05, 0.1) is 18.6 Å². The summed E-state index contributed by atoms with van der Waals surface area (Å²) >= 11 is 0. The summed E-state index contributed by atoms with van der Waals surface area (Å²) in [7, 11) is 0. The largest absolute Gasteiger partial charge is 0.445 e. The van der Waals surface area contributed by atoms with Crippen LogP contribution < -0.4 is 32.7 Å². The average molecular weight is 696 g/mol. The molecule has 0 fully saturated rings. The van der Waals surface area contributed by atoms with Crippen molar-refractivity contribution in [3.05, 3.63) is 71.8 Å². The zero-order valence-corrected chi connectivity index (χ0v) is 29.9. The third-order valence-electron chi connectivity index (χ3n) is 8.36. The number of aliphatic hydroxyl groups excluding tert-OH is 1. The summed E-state index contributed by atoms with van der Waals surface area (Å²) < 4.78 is 5.35. The summed E-state index contributed by atoms with van der Waals surface area (Å²) in [5.74, 6) is -1.61. The van der Waals surface area contributed by atoms with Crippen molar-refractivity contribution in [3.63, 3.8) is 0 Å². The van der Waals surface area contributed by atoms with Gasteiger partial charge in [0.15, 0.2) is 5.96 Å². The van der Waals surface area contributed by atoms with Crippen LogP contribution in [0.5, 0.6) is 0 Å². The van der Waals surface area contributed by atoms with Crippen molar-refractivity contribution < 1.29 is 29.0 Å². The molecule has 0 saturated heterocycles. The summed E-state index contributed by atoms with van der Waals surface area (Å²) in [5.41, 5.74) is 12.8. The standard InChI is InChI=1S/C37H57N7O6/c1-5-28(6-2)33(35(48)42-30(22-25(3)4)31(45)23-32(46)40-21-19-26-14-9-7-10-15-26)44-34(47)29(18-13-20-41-36(38)39)43-37(49)50-24-27-16-11-8-12-17-27/h7-12,14-17,25,28-31,33,45H,5-6,13,18-24H2,1-4H3,(H,40,46)(H,42,48)(H,43,49)(H,44,47)(H4,38,39,41)/t29-,30-,31-,33-/m0/s1. The number of aliphatic hydroxyl groups is 1. The van der Waals surface area contributed by atoms with Gasteiger partial charge in [-0.05, 0) is 48.6 Å². The van der Waals surface area contributed by atoms with Crippen molar-refractivity contribution >= 4 is 29.8 Å². The molecule has 0 aliphatic carbocycles. The number of carbonyl (C=O) groups excluding carboxylic acids is 4. The second-order valence-electron chi connectivity index (χ2n) is 12.9. The Morgan fingerprint density at radius 3 is 2.06 bits per heavy atom. The van der Waals surface area contributed by atoms with Crippen LogP contribution >= 0.6 is 0 Å². The van der Waals surface area contributed by atoms with Gasteiger partial charge in [-0.1, -0.05) is 101 Å². The van der Waals surface area contributed by atoms with E-state index in [4.69, 9.17) is 16.2 Å². The summed E-state index contributed by atoms with van der Waals surface area (Å²) in [5, 5.41) is 22.4. The summed E-state index contributed by atoms with van der Waals surface area (Å²) in [6.45, 7) is 8.43. The fourth-order valence-electron chi connectivity index (χ4n) is 5.58. The molecule has 0 bridgehead atoms. The van der Waals surface area contributed by atoms with Crippen LogP contribution in [0.15, 0.2) is 65.7 Å². The lowest BCUT2D eigenvalue weighted by atomic mass is 9.91. The molecule has 50 heavy (non-hydrogen) atoms. The van der Waals surface area contributed by atoms with E-state index in [1.807, 2.05) is 88.4 Å². The van der Waals surface area contributed by atoms with Gasteiger partial charge in [0.2, 0.25) is 17.7 Å². The Kier molecular flexibility index (Phi) is 19.0. The van der Waals surface area contributed by atoms with Crippen molar-refractivity contribution in [2.24, 2.45) is 28.3 Å². The van der Waals surface area contributed by atoms with Gasteiger partial charge in [-0.3, -0.25) is 19.4 Å². The zero-order valence-electron chi connectivity index (χ0n) is 29.9. The Labute approximate surface area is 296 Å². The maximum atomic E-state index is 13.9. The number of hydrogen-bond acceptors (Lipinski definition) is 7. The lowest BCUT2D eigenvalue weighted by molar-refractivity contribution is -0.133. The van der Waals surface area contributed by atoms with Crippen LogP contribution in [0.2, 0.25) is 0 Å². The number of amides is 4. The number of nitrogens with zero attached hydrogens (tertiary/aromatic N) is 1. The zero-order chi connectivity index (χ0) is 36.9. The fourth-order valence-corrected chi connectivity index (χ4v) is 5.58. The molecule has 13 heteroatoms. The summed E-state index contributed by atoms with van der Waals surface area (Å²) in [4.78, 5) is 57.1. The molecular formula is C37H57N7O6. The smallest absolute Gasteiger partial charge is 0.408 e. The number of benzene rings is 2. The predicted molar refractivity (Wildman–Crippen MR) is 195 cm³/mol. The molecule has 0 saturated carbocycles. The first-order chi connectivity index (χ1) is 23.9. The molecule has 4 atom stereocenters. The lowest BCUT2D eigenvalue weighted by Gasteiger charge is -2.31. The molecule has 4 amide bonds. The van der Waals surface area contributed by atoms with Gasteiger partial charge in [-0.25, -0.2) is 4.79 Å².